The van der Waals surface area contributed by atoms with Gasteiger partial charge in [-0.1, -0.05) is 6.07 Å². The average Bonchev–Trinajstić information content (AvgIpc) is 3.48. The Kier molecular flexibility index (Phi) is 7.19. The van der Waals surface area contributed by atoms with Gasteiger partial charge in [0.15, 0.2) is 0 Å². The number of pyridine rings is 1. The molecule has 2 aromatic rings. The van der Waals surface area contributed by atoms with Crippen LogP contribution >= 0.6 is 0 Å². The molecule has 0 spiro atoms. The van der Waals surface area contributed by atoms with E-state index in [0.29, 0.717) is 12.6 Å². The van der Waals surface area contributed by atoms with Gasteiger partial charge in [0.25, 0.3) is 0 Å². The van der Waals surface area contributed by atoms with Crippen molar-refractivity contribution in [1.29, 1.82) is 0 Å². The van der Waals surface area contributed by atoms with Crippen molar-refractivity contribution in [3.05, 3.63) is 54.0 Å². The number of carbonyl (C=O) groups is 1. The molecule has 152 valence electrons. The highest BCUT2D eigenvalue weighted by Gasteiger charge is 2.38. The number of hydrogen-bond donors (Lipinski definition) is 2. The molecule has 1 aromatic carbocycles. The van der Waals surface area contributed by atoms with Crippen LogP contribution in [0.5, 0.6) is 0 Å². The second-order valence-electron chi connectivity index (χ2n) is 6.21. The Balaban J connectivity index is 0.000000345. The van der Waals surface area contributed by atoms with Gasteiger partial charge in [-0.25, -0.2) is 14.2 Å². The van der Waals surface area contributed by atoms with Gasteiger partial charge in [-0.15, -0.1) is 0 Å². The number of nitrogens with zero attached hydrogens (tertiary/aromatic N) is 2. The van der Waals surface area contributed by atoms with Crippen molar-refractivity contribution in [3.8, 4) is 0 Å². The third-order valence-corrected chi connectivity index (χ3v) is 4.02. The zero-order valence-corrected chi connectivity index (χ0v) is 15.2. The highest BCUT2D eigenvalue weighted by Crippen LogP contribution is 2.30. The Morgan fingerprint density at radius 2 is 1.82 bits per heavy atom. The maximum atomic E-state index is 12.8. The average molecular weight is 399 g/mol. The molecule has 0 amide bonds. The molecule has 0 aliphatic heterocycles. The predicted octanol–water partition coefficient (Wildman–Crippen LogP) is 4.45. The molecular weight excluding hydrogens is 378 g/mol. The lowest BCUT2D eigenvalue weighted by Gasteiger charge is -2.21. The van der Waals surface area contributed by atoms with Crippen molar-refractivity contribution in [2.45, 2.75) is 38.5 Å². The Labute approximate surface area is 160 Å². The third-order valence-electron chi connectivity index (χ3n) is 4.02. The minimum atomic E-state index is -5.08. The van der Waals surface area contributed by atoms with E-state index in [1.54, 1.807) is 12.1 Å². The number of aromatic nitrogens is 1. The number of anilines is 2. The fraction of sp³-hybridized carbons (Fsp3) is 0.368. The number of aliphatic carboxylic acids is 1. The van der Waals surface area contributed by atoms with Gasteiger partial charge in [0.05, 0.1) is 0 Å². The number of rotatable bonds is 6. The second kappa shape index (κ2) is 9.38. The Morgan fingerprint density at radius 1 is 1.21 bits per heavy atom. The van der Waals surface area contributed by atoms with E-state index in [2.05, 4.69) is 34.3 Å². The summed E-state index contributed by atoms with van der Waals surface area (Å²) >= 11 is 0. The van der Waals surface area contributed by atoms with Crippen LogP contribution in [0.4, 0.5) is 29.1 Å². The van der Waals surface area contributed by atoms with Crippen LogP contribution in [0.3, 0.4) is 0 Å². The van der Waals surface area contributed by atoms with Crippen LogP contribution < -0.4 is 10.2 Å². The molecule has 5 nitrogen and oxygen atoms in total. The monoisotopic (exact) mass is 399 g/mol. The summed E-state index contributed by atoms with van der Waals surface area (Å²) in [6.45, 7) is 3.86. The molecule has 1 heterocycles. The van der Waals surface area contributed by atoms with Crippen LogP contribution in [-0.2, 0) is 11.3 Å². The SMILES string of the molecule is CCN(c1ccc(CNc2ccc(F)cc2)cn1)C1CC1.O=C(O)C(F)(F)F. The Morgan fingerprint density at radius 3 is 2.25 bits per heavy atom. The van der Waals surface area contributed by atoms with E-state index in [0.717, 1.165) is 23.6 Å². The van der Waals surface area contributed by atoms with Gasteiger partial charge in [0.1, 0.15) is 11.6 Å². The number of carboxylic acids is 1. The van der Waals surface area contributed by atoms with E-state index < -0.39 is 12.1 Å². The van der Waals surface area contributed by atoms with Crippen molar-refractivity contribution in [3.63, 3.8) is 0 Å². The summed E-state index contributed by atoms with van der Waals surface area (Å²) in [6.07, 6.45) is -0.607. The van der Waals surface area contributed by atoms with E-state index in [9.17, 15) is 17.6 Å². The molecular formula is C19H21F4N3O2. The number of benzene rings is 1. The molecule has 0 saturated heterocycles. The second-order valence-corrected chi connectivity index (χ2v) is 6.21. The number of nitrogens with one attached hydrogen (secondary N) is 1. The largest absolute Gasteiger partial charge is 0.490 e. The zero-order chi connectivity index (χ0) is 20.7. The first-order valence-electron chi connectivity index (χ1n) is 8.71. The van der Waals surface area contributed by atoms with E-state index in [4.69, 9.17) is 9.90 Å². The highest BCUT2D eigenvalue weighted by molar-refractivity contribution is 5.73. The normalized spacial score (nSPS) is 13.3. The van der Waals surface area contributed by atoms with Crippen LogP contribution in [0, 0.1) is 5.82 Å². The molecule has 1 aliphatic rings. The van der Waals surface area contributed by atoms with Gasteiger partial charge < -0.3 is 15.3 Å². The van der Waals surface area contributed by atoms with Gasteiger partial charge in [-0.2, -0.15) is 13.2 Å². The third kappa shape index (κ3) is 6.71. The summed E-state index contributed by atoms with van der Waals surface area (Å²) in [7, 11) is 0. The van der Waals surface area contributed by atoms with Crippen LogP contribution in [0.15, 0.2) is 42.6 Å². The molecule has 1 aliphatic carbocycles. The van der Waals surface area contributed by atoms with Gasteiger partial charge >= 0.3 is 12.1 Å². The molecule has 9 heteroatoms. The van der Waals surface area contributed by atoms with E-state index in [1.807, 2.05) is 6.20 Å². The van der Waals surface area contributed by atoms with Gasteiger partial charge in [0.2, 0.25) is 0 Å². The lowest BCUT2D eigenvalue weighted by Crippen LogP contribution is -2.25. The summed E-state index contributed by atoms with van der Waals surface area (Å²) in [5.41, 5.74) is 2.03. The summed E-state index contributed by atoms with van der Waals surface area (Å²) in [4.78, 5) is 15.8. The Bertz CT molecular complexity index is 760. The molecule has 0 bridgehead atoms. The van der Waals surface area contributed by atoms with Crippen molar-refractivity contribution in [2.75, 3.05) is 16.8 Å². The first kappa shape index (κ1) is 21.5. The maximum Gasteiger partial charge on any atom is 0.490 e. The molecule has 0 radical (unpaired) electrons. The first-order chi connectivity index (χ1) is 13.2. The molecule has 3 rings (SSSR count). The van der Waals surface area contributed by atoms with E-state index >= 15 is 0 Å². The van der Waals surface area contributed by atoms with E-state index in [-0.39, 0.29) is 5.82 Å². The quantitative estimate of drug-likeness (QED) is 0.703. The number of carboxylic acid groups (broad SMARTS) is 1. The molecule has 0 unspecified atom stereocenters. The van der Waals surface area contributed by atoms with E-state index in [1.165, 1.54) is 25.0 Å². The standard InChI is InChI=1S/C17H20FN3.C2HF3O2/c1-2-21(16-8-9-16)17-10-3-13(12-20-17)11-19-15-6-4-14(18)5-7-15;3-2(4,5)1(6)7/h3-7,10,12,16,19H,2,8-9,11H2,1H3;(H,6,7). The molecule has 1 aromatic heterocycles. The highest BCUT2D eigenvalue weighted by atomic mass is 19.4. The summed E-state index contributed by atoms with van der Waals surface area (Å²) < 4.78 is 44.6. The van der Waals surface area contributed by atoms with Crippen LogP contribution in [-0.4, -0.2) is 34.8 Å². The van der Waals surface area contributed by atoms with Crippen LogP contribution in [0.2, 0.25) is 0 Å². The summed E-state index contributed by atoms with van der Waals surface area (Å²) in [5, 5.41) is 10.4. The number of alkyl halides is 3. The molecule has 28 heavy (non-hydrogen) atoms. The minimum absolute atomic E-state index is 0.216. The van der Waals surface area contributed by atoms with Crippen molar-refractivity contribution < 1.29 is 27.5 Å². The zero-order valence-electron chi connectivity index (χ0n) is 15.2. The van der Waals surface area contributed by atoms with Gasteiger partial charge in [-0.3, -0.25) is 0 Å². The topological polar surface area (TPSA) is 65.5 Å². The molecule has 1 saturated carbocycles. The lowest BCUT2D eigenvalue weighted by atomic mass is 10.2. The van der Waals surface area contributed by atoms with Crippen molar-refractivity contribution in [1.82, 2.24) is 4.98 Å². The number of halogens is 4. The first-order valence-corrected chi connectivity index (χ1v) is 8.71. The maximum absolute atomic E-state index is 12.8. The fourth-order valence-electron chi connectivity index (χ4n) is 2.46. The van der Waals surface area contributed by atoms with Crippen molar-refractivity contribution in [2.24, 2.45) is 0 Å². The summed E-state index contributed by atoms with van der Waals surface area (Å²) in [5.74, 6) is -1.91. The minimum Gasteiger partial charge on any atom is -0.475 e. The van der Waals surface area contributed by atoms with Crippen LogP contribution in [0.25, 0.3) is 0 Å². The van der Waals surface area contributed by atoms with Crippen molar-refractivity contribution >= 4 is 17.5 Å². The number of hydrogen-bond acceptors (Lipinski definition) is 4. The predicted molar refractivity (Wildman–Crippen MR) is 97.7 cm³/mol. The van der Waals surface area contributed by atoms with Gasteiger partial charge in [-0.05, 0) is 55.7 Å². The Hall–Kier alpha value is -2.84. The fourth-order valence-corrected chi connectivity index (χ4v) is 2.46. The van der Waals surface area contributed by atoms with Crippen LogP contribution in [0.1, 0.15) is 25.3 Å². The lowest BCUT2D eigenvalue weighted by molar-refractivity contribution is -0.192. The smallest absolute Gasteiger partial charge is 0.475 e. The summed E-state index contributed by atoms with van der Waals surface area (Å²) in [6, 6.07) is 11.3. The molecule has 1 fully saturated rings. The van der Waals surface area contributed by atoms with Gasteiger partial charge in [0, 0.05) is 31.0 Å². The molecule has 0 atom stereocenters. The molecule has 2 N–H and O–H groups in total.